The maximum absolute atomic E-state index is 13.7. The number of aromatic nitrogens is 1. The number of hydrogen-bond acceptors (Lipinski definition) is 4. The molecule has 0 saturated heterocycles. The van der Waals surface area contributed by atoms with Crippen LogP contribution in [-0.2, 0) is 6.42 Å². The van der Waals surface area contributed by atoms with Crippen LogP contribution in [0.3, 0.4) is 0 Å². The number of nitro groups is 1. The molecule has 0 atom stereocenters. The molecule has 0 radical (unpaired) electrons. The number of rotatable bonds is 5. The lowest BCUT2D eigenvalue weighted by atomic mass is 10.1. The summed E-state index contributed by atoms with van der Waals surface area (Å²) >= 11 is 0. The number of nitrogens with one attached hydrogen (secondary N) is 1. The Morgan fingerprint density at radius 3 is 2.77 bits per heavy atom. The van der Waals surface area contributed by atoms with Gasteiger partial charge in [-0.15, -0.1) is 0 Å². The summed E-state index contributed by atoms with van der Waals surface area (Å²) < 4.78 is 13.7. The number of hydrogen-bond donors (Lipinski definition) is 1. The number of carbonyl (C=O) groups is 1. The molecule has 22 heavy (non-hydrogen) atoms. The third kappa shape index (κ3) is 3.85. The molecule has 0 aliphatic carbocycles. The molecule has 0 aliphatic rings. The Kier molecular flexibility index (Phi) is 4.77. The number of amides is 1. The van der Waals surface area contributed by atoms with Crippen molar-refractivity contribution >= 4 is 11.6 Å². The van der Waals surface area contributed by atoms with Crippen LogP contribution in [0.4, 0.5) is 10.1 Å². The highest BCUT2D eigenvalue weighted by Crippen LogP contribution is 2.16. The average Bonchev–Trinajstić information content (AvgIpc) is 2.47. The Balaban J connectivity index is 1.96. The highest BCUT2D eigenvalue weighted by atomic mass is 19.1. The van der Waals surface area contributed by atoms with Gasteiger partial charge in [0.05, 0.1) is 16.6 Å². The second kappa shape index (κ2) is 6.75. The van der Waals surface area contributed by atoms with Crippen molar-refractivity contribution in [3.8, 4) is 0 Å². The van der Waals surface area contributed by atoms with Crippen LogP contribution < -0.4 is 5.32 Å². The summed E-state index contributed by atoms with van der Waals surface area (Å²) in [6, 6.07) is 8.51. The highest BCUT2D eigenvalue weighted by molar-refractivity contribution is 5.94. The minimum absolute atomic E-state index is 0.220. The van der Waals surface area contributed by atoms with E-state index in [2.05, 4.69) is 10.3 Å². The largest absolute Gasteiger partial charge is 0.352 e. The van der Waals surface area contributed by atoms with Crippen LogP contribution in [0.25, 0.3) is 0 Å². The van der Waals surface area contributed by atoms with E-state index in [9.17, 15) is 19.3 Å². The number of benzene rings is 1. The quantitative estimate of drug-likeness (QED) is 0.679. The predicted molar refractivity (Wildman–Crippen MR) is 78.1 cm³/mol. The maximum atomic E-state index is 13.7. The SMILES string of the molecule is Cc1cccc(CCNC(=O)c2ccc([N+](=O)[O-])cc2F)n1. The van der Waals surface area contributed by atoms with E-state index in [4.69, 9.17) is 0 Å². The molecule has 1 aromatic heterocycles. The lowest BCUT2D eigenvalue weighted by molar-refractivity contribution is -0.385. The van der Waals surface area contributed by atoms with Crippen LogP contribution in [0.1, 0.15) is 21.7 Å². The zero-order valence-electron chi connectivity index (χ0n) is 11.9. The zero-order chi connectivity index (χ0) is 16.1. The monoisotopic (exact) mass is 303 g/mol. The molecule has 0 spiro atoms. The summed E-state index contributed by atoms with van der Waals surface area (Å²) in [6.07, 6.45) is 0.516. The molecule has 2 aromatic rings. The maximum Gasteiger partial charge on any atom is 0.272 e. The topological polar surface area (TPSA) is 85.1 Å². The molecular weight excluding hydrogens is 289 g/mol. The van der Waals surface area contributed by atoms with Gasteiger partial charge in [0, 0.05) is 30.4 Å². The van der Waals surface area contributed by atoms with Crippen LogP contribution in [0.2, 0.25) is 0 Å². The molecule has 0 aliphatic heterocycles. The first-order chi connectivity index (χ1) is 10.5. The standard InChI is InChI=1S/C15H14FN3O3/c1-10-3-2-4-11(18-10)7-8-17-15(20)13-6-5-12(19(21)22)9-14(13)16/h2-6,9H,7-8H2,1H3,(H,17,20). The predicted octanol–water partition coefficient (Wildman–Crippen LogP) is 2.41. The smallest absolute Gasteiger partial charge is 0.272 e. The van der Waals surface area contributed by atoms with E-state index >= 15 is 0 Å². The van der Waals surface area contributed by atoms with Crippen LogP contribution >= 0.6 is 0 Å². The molecule has 0 fully saturated rings. The fourth-order valence-corrected chi connectivity index (χ4v) is 1.94. The Morgan fingerprint density at radius 2 is 2.14 bits per heavy atom. The van der Waals surface area contributed by atoms with Crippen molar-refractivity contribution in [2.24, 2.45) is 0 Å². The average molecular weight is 303 g/mol. The molecule has 1 amide bonds. The van der Waals surface area contributed by atoms with E-state index in [-0.39, 0.29) is 5.56 Å². The number of halogens is 1. The van der Waals surface area contributed by atoms with Gasteiger partial charge in [0.15, 0.2) is 0 Å². The first kappa shape index (κ1) is 15.6. The van der Waals surface area contributed by atoms with Crippen molar-refractivity contribution in [1.29, 1.82) is 0 Å². The molecule has 114 valence electrons. The molecule has 7 heteroatoms. The van der Waals surface area contributed by atoms with E-state index in [0.717, 1.165) is 29.6 Å². The van der Waals surface area contributed by atoms with Gasteiger partial charge in [-0.2, -0.15) is 0 Å². The summed E-state index contributed by atoms with van der Waals surface area (Å²) in [5, 5.41) is 13.1. The third-order valence-corrected chi connectivity index (χ3v) is 3.02. The first-order valence-electron chi connectivity index (χ1n) is 6.62. The molecule has 1 aromatic carbocycles. The van der Waals surface area contributed by atoms with Crippen molar-refractivity contribution < 1.29 is 14.1 Å². The fourth-order valence-electron chi connectivity index (χ4n) is 1.94. The van der Waals surface area contributed by atoms with Crippen LogP contribution in [0.5, 0.6) is 0 Å². The van der Waals surface area contributed by atoms with Gasteiger partial charge in [0.1, 0.15) is 5.82 Å². The van der Waals surface area contributed by atoms with Crippen LogP contribution in [-0.4, -0.2) is 22.4 Å². The van der Waals surface area contributed by atoms with E-state index in [1.165, 1.54) is 0 Å². The summed E-state index contributed by atoms with van der Waals surface area (Å²) in [5.41, 5.74) is 1.09. The van der Waals surface area contributed by atoms with Crippen molar-refractivity contribution in [2.75, 3.05) is 6.54 Å². The van der Waals surface area contributed by atoms with Gasteiger partial charge in [-0.05, 0) is 25.1 Å². The normalized spacial score (nSPS) is 10.3. The highest BCUT2D eigenvalue weighted by Gasteiger charge is 2.15. The van der Waals surface area contributed by atoms with Gasteiger partial charge in [-0.25, -0.2) is 4.39 Å². The summed E-state index contributed by atoms with van der Waals surface area (Å²) in [7, 11) is 0. The Morgan fingerprint density at radius 1 is 1.36 bits per heavy atom. The van der Waals surface area contributed by atoms with Crippen molar-refractivity contribution in [1.82, 2.24) is 10.3 Å². The van der Waals surface area contributed by atoms with Gasteiger partial charge < -0.3 is 5.32 Å². The summed E-state index contributed by atoms with van der Waals surface area (Å²) in [4.78, 5) is 26.0. The van der Waals surface area contributed by atoms with Crippen LogP contribution in [0, 0.1) is 22.9 Å². The van der Waals surface area contributed by atoms with Crippen molar-refractivity contribution in [3.05, 3.63) is 69.3 Å². The van der Waals surface area contributed by atoms with Gasteiger partial charge in [0.25, 0.3) is 11.6 Å². The molecule has 1 heterocycles. The van der Waals surface area contributed by atoms with Gasteiger partial charge >= 0.3 is 0 Å². The number of nitrogens with zero attached hydrogens (tertiary/aromatic N) is 2. The Hall–Kier alpha value is -2.83. The molecule has 0 unspecified atom stereocenters. The van der Waals surface area contributed by atoms with E-state index in [1.807, 2.05) is 25.1 Å². The van der Waals surface area contributed by atoms with Gasteiger partial charge in [-0.1, -0.05) is 6.07 Å². The summed E-state index contributed by atoms with van der Waals surface area (Å²) in [5.74, 6) is -1.53. The Labute approximate surface area is 126 Å². The van der Waals surface area contributed by atoms with Gasteiger partial charge in [0.2, 0.25) is 0 Å². The van der Waals surface area contributed by atoms with E-state index < -0.39 is 22.3 Å². The molecule has 0 saturated carbocycles. The first-order valence-corrected chi connectivity index (χ1v) is 6.62. The molecule has 0 bridgehead atoms. The number of non-ortho nitro benzene ring substituents is 1. The minimum atomic E-state index is -0.916. The molecule has 2 rings (SSSR count). The molecular formula is C15H14FN3O3. The van der Waals surface area contributed by atoms with Crippen molar-refractivity contribution in [2.45, 2.75) is 13.3 Å². The number of nitro benzene ring substituents is 1. The van der Waals surface area contributed by atoms with Crippen LogP contribution in [0.15, 0.2) is 36.4 Å². The summed E-state index contributed by atoms with van der Waals surface area (Å²) in [6.45, 7) is 2.17. The number of pyridine rings is 1. The van der Waals surface area contributed by atoms with Crippen molar-refractivity contribution in [3.63, 3.8) is 0 Å². The minimum Gasteiger partial charge on any atom is -0.352 e. The Bertz CT molecular complexity index is 719. The lowest BCUT2D eigenvalue weighted by Crippen LogP contribution is -2.26. The second-order valence-corrected chi connectivity index (χ2v) is 4.70. The molecule has 6 nitrogen and oxygen atoms in total. The molecule has 1 N–H and O–H groups in total. The number of aryl methyl sites for hydroxylation is 1. The third-order valence-electron chi connectivity index (χ3n) is 3.02. The number of carbonyl (C=O) groups excluding carboxylic acids is 1. The van der Waals surface area contributed by atoms with E-state index in [0.29, 0.717) is 13.0 Å². The zero-order valence-corrected chi connectivity index (χ0v) is 11.9. The second-order valence-electron chi connectivity index (χ2n) is 4.70. The lowest BCUT2D eigenvalue weighted by Gasteiger charge is -2.06. The fraction of sp³-hybridized carbons (Fsp3) is 0.200. The van der Waals surface area contributed by atoms with Gasteiger partial charge in [-0.3, -0.25) is 19.9 Å². The van der Waals surface area contributed by atoms with E-state index in [1.54, 1.807) is 0 Å².